The highest BCUT2D eigenvalue weighted by Gasteiger charge is 2.14. The van der Waals surface area contributed by atoms with Crippen LogP contribution in [-0.4, -0.2) is 22.0 Å². The van der Waals surface area contributed by atoms with Crippen molar-refractivity contribution < 1.29 is 14.8 Å². The maximum atomic E-state index is 10.9. The van der Waals surface area contributed by atoms with Gasteiger partial charge in [0.2, 0.25) is 6.04 Å². The van der Waals surface area contributed by atoms with E-state index < -0.39 is 12.0 Å². The molecule has 0 saturated carbocycles. The summed E-state index contributed by atoms with van der Waals surface area (Å²) < 4.78 is 0. The third-order valence-corrected chi connectivity index (χ3v) is 3.24. The predicted molar refractivity (Wildman–Crippen MR) is 79.4 cm³/mol. The van der Waals surface area contributed by atoms with Crippen LogP contribution in [0.3, 0.4) is 0 Å². The molecule has 1 unspecified atom stereocenters. The first-order valence-electron chi connectivity index (χ1n) is 7.59. The van der Waals surface area contributed by atoms with E-state index in [9.17, 15) is 14.9 Å². The van der Waals surface area contributed by atoms with E-state index in [2.05, 4.69) is 6.92 Å². The molecule has 1 N–H and O–H groups in total. The van der Waals surface area contributed by atoms with E-state index in [0.717, 1.165) is 44.9 Å². The Balaban J connectivity index is 3.74. The molecule has 5 heteroatoms. The fraction of sp³-hybridized carbons (Fsp3) is 0.800. The fourth-order valence-electron chi connectivity index (χ4n) is 2.02. The highest BCUT2D eigenvalue weighted by atomic mass is 16.6. The molecule has 5 nitrogen and oxygen atoms in total. The number of carboxylic acids is 1. The summed E-state index contributed by atoms with van der Waals surface area (Å²) in [5.74, 6) is -0.775. The molecule has 1 atom stereocenters. The number of allylic oxidation sites excluding steroid dienone is 1. The summed E-state index contributed by atoms with van der Waals surface area (Å²) in [6.07, 6.45) is 11.8. The average molecular weight is 285 g/mol. The van der Waals surface area contributed by atoms with Gasteiger partial charge in [0.25, 0.3) is 0 Å². The summed E-state index contributed by atoms with van der Waals surface area (Å²) in [7, 11) is 0. The Labute approximate surface area is 121 Å². The van der Waals surface area contributed by atoms with Crippen molar-refractivity contribution in [3.05, 3.63) is 22.3 Å². The molecule has 0 aromatic rings. The normalized spacial score (nSPS) is 12.7. The zero-order valence-electron chi connectivity index (χ0n) is 12.4. The minimum atomic E-state index is -0.775. The minimum absolute atomic E-state index is 0.190. The predicted octanol–water partition coefficient (Wildman–Crippen LogP) is 4.19. The smallest absolute Gasteiger partial charge is 0.303 e. The Morgan fingerprint density at radius 1 is 1.20 bits per heavy atom. The number of aliphatic carboxylic acids is 1. The van der Waals surface area contributed by atoms with Crippen molar-refractivity contribution >= 4 is 5.97 Å². The van der Waals surface area contributed by atoms with Gasteiger partial charge in [-0.15, -0.1) is 0 Å². The minimum Gasteiger partial charge on any atom is -0.481 e. The highest BCUT2D eigenvalue weighted by molar-refractivity contribution is 5.66. The molecule has 20 heavy (non-hydrogen) atoms. The Hall–Kier alpha value is -1.39. The van der Waals surface area contributed by atoms with Crippen molar-refractivity contribution in [1.82, 2.24) is 0 Å². The zero-order valence-corrected chi connectivity index (χ0v) is 12.4. The van der Waals surface area contributed by atoms with Crippen LogP contribution in [0.4, 0.5) is 0 Å². The van der Waals surface area contributed by atoms with Crippen molar-refractivity contribution in [2.24, 2.45) is 0 Å². The van der Waals surface area contributed by atoms with Gasteiger partial charge < -0.3 is 5.11 Å². The summed E-state index contributed by atoms with van der Waals surface area (Å²) in [6.45, 7) is 2.13. The van der Waals surface area contributed by atoms with Crippen molar-refractivity contribution in [2.75, 3.05) is 0 Å². The second-order valence-corrected chi connectivity index (χ2v) is 5.12. The molecule has 0 radical (unpaired) electrons. The molecule has 0 aliphatic carbocycles. The second kappa shape index (κ2) is 12.6. The van der Waals surface area contributed by atoms with Crippen molar-refractivity contribution in [3.63, 3.8) is 0 Å². The number of unbranched alkanes of at least 4 members (excludes halogenated alkanes) is 6. The van der Waals surface area contributed by atoms with Crippen molar-refractivity contribution in [2.45, 2.75) is 77.2 Å². The van der Waals surface area contributed by atoms with Gasteiger partial charge in [-0.1, -0.05) is 38.7 Å². The van der Waals surface area contributed by atoms with Gasteiger partial charge in [0.15, 0.2) is 0 Å². The fourth-order valence-corrected chi connectivity index (χ4v) is 2.02. The summed E-state index contributed by atoms with van der Waals surface area (Å²) in [4.78, 5) is 21.0. The van der Waals surface area contributed by atoms with Crippen LogP contribution >= 0.6 is 0 Å². The highest BCUT2D eigenvalue weighted by Crippen LogP contribution is 2.11. The van der Waals surface area contributed by atoms with Gasteiger partial charge in [0, 0.05) is 17.8 Å². The molecule has 0 aromatic heterocycles. The van der Waals surface area contributed by atoms with Gasteiger partial charge in [-0.2, -0.15) is 0 Å². The van der Waals surface area contributed by atoms with E-state index in [4.69, 9.17) is 5.11 Å². The first-order chi connectivity index (χ1) is 9.57. The molecule has 0 aliphatic heterocycles. The first kappa shape index (κ1) is 18.6. The lowest BCUT2D eigenvalue weighted by molar-refractivity contribution is -0.510. The van der Waals surface area contributed by atoms with Crippen LogP contribution in [0.25, 0.3) is 0 Å². The Bertz CT molecular complexity index is 302. The Kier molecular flexibility index (Phi) is 11.8. The zero-order chi connectivity index (χ0) is 15.2. The van der Waals surface area contributed by atoms with Crippen LogP contribution in [0.2, 0.25) is 0 Å². The standard InChI is InChI=1S/C15H27NO4/c1-2-3-4-5-8-11-14(16(19)20)12-9-6-7-10-13-15(17)18/h8,11,14H,2-7,9-10,12-13H2,1H3,(H,17,18)/b11-8+. The molecule has 0 bridgehead atoms. The van der Waals surface area contributed by atoms with Crippen LogP contribution in [0.1, 0.15) is 71.1 Å². The lowest BCUT2D eigenvalue weighted by atomic mass is 10.1. The number of carbonyl (C=O) groups is 1. The van der Waals surface area contributed by atoms with E-state index in [0.29, 0.717) is 12.8 Å². The monoisotopic (exact) mass is 285 g/mol. The Morgan fingerprint density at radius 3 is 2.50 bits per heavy atom. The number of carboxylic acid groups (broad SMARTS) is 1. The van der Waals surface area contributed by atoms with Gasteiger partial charge in [-0.3, -0.25) is 14.9 Å². The van der Waals surface area contributed by atoms with E-state index in [1.807, 2.05) is 6.08 Å². The van der Waals surface area contributed by atoms with Gasteiger partial charge in [-0.05, 0) is 31.8 Å². The molecule has 0 fully saturated rings. The van der Waals surface area contributed by atoms with E-state index in [1.54, 1.807) is 6.08 Å². The molecular formula is C15H27NO4. The third kappa shape index (κ3) is 11.7. The summed E-state index contributed by atoms with van der Waals surface area (Å²) in [5, 5.41) is 19.4. The molecule has 0 aromatic carbocycles. The summed E-state index contributed by atoms with van der Waals surface area (Å²) in [6, 6.07) is -0.587. The second-order valence-electron chi connectivity index (χ2n) is 5.12. The quantitative estimate of drug-likeness (QED) is 0.238. The first-order valence-corrected chi connectivity index (χ1v) is 7.59. The molecule has 0 amide bonds. The number of hydrogen-bond acceptors (Lipinski definition) is 3. The number of nitrogens with zero attached hydrogens (tertiary/aromatic N) is 1. The van der Waals surface area contributed by atoms with Crippen LogP contribution < -0.4 is 0 Å². The molecule has 116 valence electrons. The number of hydrogen-bond donors (Lipinski definition) is 1. The molecule has 0 heterocycles. The summed E-state index contributed by atoms with van der Waals surface area (Å²) in [5.41, 5.74) is 0. The average Bonchev–Trinajstić information content (AvgIpc) is 2.39. The van der Waals surface area contributed by atoms with E-state index in [-0.39, 0.29) is 11.3 Å². The lowest BCUT2D eigenvalue weighted by Gasteiger charge is -2.05. The molecular weight excluding hydrogens is 258 g/mol. The van der Waals surface area contributed by atoms with Crippen LogP contribution in [0, 0.1) is 10.1 Å². The molecule has 0 rings (SSSR count). The van der Waals surface area contributed by atoms with E-state index in [1.165, 1.54) is 0 Å². The van der Waals surface area contributed by atoms with Crippen LogP contribution in [0.15, 0.2) is 12.2 Å². The van der Waals surface area contributed by atoms with Gasteiger partial charge in [0.05, 0.1) is 0 Å². The summed E-state index contributed by atoms with van der Waals surface area (Å²) >= 11 is 0. The van der Waals surface area contributed by atoms with Gasteiger partial charge >= 0.3 is 5.97 Å². The Morgan fingerprint density at radius 2 is 1.90 bits per heavy atom. The molecule has 0 saturated heterocycles. The van der Waals surface area contributed by atoms with Gasteiger partial charge in [0.1, 0.15) is 0 Å². The van der Waals surface area contributed by atoms with Crippen LogP contribution in [-0.2, 0) is 4.79 Å². The van der Waals surface area contributed by atoms with E-state index >= 15 is 0 Å². The third-order valence-electron chi connectivity index (χ3n) is 3.24. The SMILES string of the molecule is CCCCC/C=C/C(CCCCCCC(=O)O)[N+](=O)[O-]. The maximum Gasteiger partial charge on any atom is 0.303 e. The lowest BCUT2D eigenvalue weighted by Crippen LogP contribution is -2.16. The number of nitro groups is 1. The molecule has 0 spiro atoms. The largest absolute Gasteiger partial charge is 0.481 e. The van der Waals surface area contributed by atoms with Gasteiger partial charge in [-0.25, -0.2) is 0 Å². The van der Waals surface area contributed by atoms with Crippen molar-refractivity contribution in [1.29, 1.82) is 0 Å². The van der Waals surface area contributed by atoms with Crippen LogP contribution in [0.5, 0.6) is 0 Å². The van der Waals surface area contributed by atoms with Crippen molar-refractivity contribution in [3.8, 4) is 0 Å². The number of rotatable bonds is 13. The molecule has 0 aliphatic rings. The topological polar surface area (TPSA) is 80.4 Å². The maximum absolute atomic E-state index is 10.9.